The normalized spacial score (nSPS) is 11.4. The Morgan fingerprint density at radius 3 is 2.88 bits per heavy atom. The van der Waals surface area contributed by atoms with Crippen LogP contribution >= 0.6 is 0 Å². The number of aromatic nitrogens is 3. The highest BCUT2D eigenvalue weighted by Gasteiger charge is 2.13. The maximum absolute atomic E-state index is 11.5. The van der Waals surface area contributed by atoms with Gasteiger partial charge in [-0.15, -0.1) is 5.10 Å². The Labute approximate surface area is 99.8 Å². The van der Waals surface area contributed by atoms with E-state index in [1.807, 2.05) is 0 Å². The zero-order valence-corrected chi connectivity index (χ0v) is 10.6. The van der Waals surface area contributed by atoms with E-state index in [-0.39, 0.29) is 17.7 Å². The van der Waals surface area contributed by atoms with E-state index in [2.05, 4.69) is 19.9 Å². The smallest absolute Gasteiger partial charge is 0.337 e. The lowest BCUT2D eigenvalue weighted by Gasteiger charge is -2.03. The van der Waals surface area contributed by atoms with Crippen LogP contribution in [0.3, 0.4) is 0 Å². The highest BCUT2D eigenvalue weighted by atomic mass is 32.2. The molecule has 0 aliphatic carbocycles. The third-order valence-electron chi connectivity index (χ3n) is 1.75. The molecule has 1 heterocycles. The van der Waals surface area contributed by atoms with Crippen molar-refractivity contribution in [3.05, 3.63) is 0 Å². The first-order chi connectivity index (χ1) is 8.07. The van der Waals surface area contributed by atoms with E-state index in [9.17, 15) is 8.42 Å². The van der Waals surface area contributed by atoms with Crippen LogP contribution in [0.1, 0.15) is 13.3 Å². The summed E-state index contributed by atoms with van der Waals surface area (Å²) in [6, 6.07) is 0.113. The molecule has 1 aromatic rings. The van der Waals surface area contributed by atoms with Gasteiger partial charge in [-0.1, -0.05) is 0 Å². The van der Waals surface area contributed by atoms with Crippen molar-refractivity contribution in [3.63, 3.8) is 0 Å². The Morgan fingerprint density at radius 2 is 2.24 bits per heavy atom. The minimum atomic E-state index is -3.43. The summed E-state index contributed by atoms with van der Waals surface area (Å²) >= 11 is 0. The molecule has 0 aliphatic rings. The van der Waals surface area contributed by atoms with Crippen molar-refractivity contribution in [1.82, 2.24) is 15.2 Å². The third-order valence-corrected chi connectivity index (χ3v) is 3.08. The van der Waals surface area contributed by atoms with Crippen LogP contribution < -0.4 is 9.46 Å². The lowest BCUT2D eigenvalue weighted by Crippen LogP contribution is -2.18. The van der Waals surface area contributed by atoms with Gasteiger partial charge in [-0.3, -0.25) is 4.72 Å². The van der Waals surface area contributed by atoms with Gasteiger partial charge >= 0.3 is 6.01 Å². The van der Waals surface area contributed by atoms with Crippen molar-refractivity contribution >= 4 is 16.0 Å². The Balaban J connectivity index is 2.50. The number of hydrogen-bond donors (Lipinski definition) is 2. The lowest BCUT2D eigenvalue weighted by atomic mass is 10.5. The van der Waals surface area contributed by atoms with Gasteiger partial charge in [-0.25, -0.2) is 13.5 Å². The number of anilines is 1. The fourth-order valence-corrected chi connectivity index (χ4v) is 2.06. The average Bonchev–Trinajstić information content (AvgIpc) is 2.65. The van der Waals surface area contributed by atoms with Gasteiger partial charge in [-0.05, 0) is 13.3 Å². The zero-order chi connectivity index (χ0) is 12.7. The maximum Gasteiger partial charge on any atom is 0.337 e. The van der Waals surface area contributed by atoms with E-state index in [4.69, 9.17) is 9.47 Å². The molecule has 0 aromatic carbocycles. The Morgan fingerprint density at radius 1 is 1.47 bits per heavy atom. The molecule has 0 amide bonds. The second-order valence-electron chi connectivity index (χ2n) is 3.17. The molecule has 1 rings (SSSR count). The maximum atomic E-state index is 11.5. The van der Waals surface area contributed by atoms with Crippen LogP contribution in [-0.2, 0) is 14.8 Å². The van der Waals surface area contributed by atoms with Crippen molar-refractivity contribution in [1.29, 1.82) is 0 Å². The van der Waals surface area contributed by atoms with Crippen LogP contribution in [0.15, 0.2) is 0 Å². The molecule has 0 radical (unpaired) electrons. The van der Waals surface area contributed by atoms with Crippen molar-refractivity contribution in [2.45, 2.75) is 13.3 Å². The van der Waals surface area contributed by atoms with Crippen LogP contribution in [0.4, 0.5) is 5.95 Å². The van der Waals surface area contributed by atoms with Crippen LogP contribution in [-0.4, -0.2) is 49.7 Å². The summed E-state index contributed by atoms with van der Waals surface area (Å²) in [5.41, 5.74) is 0. The molecule has 0 saturated carbocycles. The van der Waals surface area contributed by atoms with Crippen LogP contribution in [0.2, 0.25) is 0 Å². The van der Waals surface area contributed by atoms with E-state index in [1.54, 1.807) is 6.92 Å². The number of ether oxygens (including phenoxy) is 2. The summed E-state index contributed by atoms with van der Waals surface area (Å²) in [7, 11) is -1.91. The number of nitrogens with zero attached hydrogens (tertiary/aromatic N) is 2. The molecule has 8 nitrogen and oxygen atoms in total. The quantitative estimate of drug-likeness (QED) is 0.639. The Kier molecular flexibility index (Phi) is 5.16. The molecule has 0 saturated heterocycles. The molecule has 17 heavy (non-hydrogen) atoms. The van der Waals surface area contributed by atoms with Gasteiger partial charge in [0, 0.05) is 13.7 Å². The first-order valence-corrected chi connectivity index (χ1v) is 6.77. The predicted molar refractivity (Wildman–Crippen MR) is 61.5 cm³/mol. The number of sulfonamides is 1. The molecular formula is C8H16N4O4S. The Hall–Kier alpha value is -1.35. The molecule has 0 unspecified atom stereocenters. The highest BCUT2D eigenvalue weighted by Crippen LogP contribution is 2.07. The van der Waals surface area contributed by atoms with Crippen LogP contribution in [0.5, 0.6) is 6.01 Å². The summed E-state index contributed by atoms with van der Waals surface area (Å²) in [6.45, 7) is 2.59. The molecule has 0 aliphatic heterocycles. The van der Waals surface area contributed by atoms with Crippen molar-refractivity contribution in [2.24, 2.45) is 0 Å². The van der Waals surface area contributed by atoms with E-state index in [0.717, 1.165) is 0 Å². The van der Waals surface area contributed by atoms with Gasteiger partial charge in [0.2, 0.25) is 16.0 Å². The Bertz CT molecular complexity index is 430. The average molecular weight is 264 g/mol. The fourth-order valence-electron chi connectivity index (χ4n) is 1.08. The third kappa shape index (κ3) is 5.00. The van der Waals surface area contributed by atoms with Crippen LogP contribution in [0, 0.1) is 0 Å². The molecule has 0 spiro atoms. The molecule has 0 atom stereocenters. The summed E-state index contributed by atoms with van der Waals surface area (Å²) in [5, 5.41) is 6.11. The number of methoxy groups -OCH3 is 1. The number of rotatable bonds is 8. The first-order valence-electron chi connectivity index (χ1n) is 5.12. The summed E-state index contributed by atoms with van der Waals surface area (Å²) in [6.07, 6.45) is 0.415. The zero-order valence-electron chi connectivity index (χ0n) is 9.76. The number of H-pyrrole nitrogens is 1. The van der Waals surface area contributed by atoms with E-state index < -0.39 is 10.0 Å². The number of aromatic amines is 1. The molecule has 2 N–H and O–H groups in total. The molecule has 0 bridgehead atoms. The van der Waals surface area contributed by atoms with Crippen molar-refractivity contribution in [3.8, 4) is 6.01 Å². The topological polar surface area (TPSA) is 106 Å². The van der Waals surface area contributed by atoms with Gasteiger partial charge in [0.1, 0.15) is 0 Å². The van der Waals surface area contributed by atoms with E-state index in [1.165, 1.54) is 7.11 Å². The molecule has 1 aromatic heterocycles. The number of hydrogen-bond acceptors (Lipinski definition) is 6. The van der Waals surface area contributed by atoms with Gasteiger partial charge < -0.3 is 9.47 Å². The molecular weight excluding hydrogens is 248 g/mol. The summed E-state index contributed by atoms with van der Waals surface area (Å²) in [4.78, 5) is 3.80. The number of nitrogens with one attached hydrogen (secondary N) is 2. The summed E-state index contributed by atoms with van der Waals surface area (Å²) in [5.74, 6) is 0.0109. The van der Waals surface area contributed by atoms with E-state index in [0.29, 0.717) is 19.6 Å². The van der Waals surface area contributed by atoms with Crippen molar-refractivity contribution in [2.75, 3.05) is 30.8 Å². The van der Waals surface area contributed by atoms with Gasteiger partial charge in [0.15, 0.2) is 0 Å². The van der Waals surface area contributed by atoms with Gasteiger partial charge in [-0.2, -0.15) is 4.98 Å². The predicted octanol–water partition coefficient (Wildman–Crippen LogP) is -0.0184. The standard InChI is InChI=1S/C8H16N4O4S/c1-3-16-8-9-7(10-11-8)12-17(13,14)6-4-5-15-2/h3-6H2,1-2H3,(H2,9,10,11,12). The monoisotopic (exact) mass is 264 g/mol. The summed E-state index contributed by atoms with van der Waals surface area (Å²) < 4.78 is 35.1. The van der Waals surface area contributed by atoms with Crippen molar-refractivity contribution < 1.29 is 17.9 Å². The second-order valence-corrected chi connectivity index (χ2v) is 5.01. The second kappa shape index (κ2) is 6.40. The molecule has 9 heteroatoms. The van der Waals surface area contributed by atoms with Crippen LogP contribution in [0.25, 0.3) is 0 Å². The largest absolute Gasteiger partial charge is 0.463 e. The molecule has 98 valence electrons. The van der Waals surface area contributed by atoms with Gasteiger partial charge in [0.05, 0.1) is 12.4 Å². The minimum absolute atomic E-state index is 0.0362. The molecule has 0 fully saturated rings. The van der Waals surface area contributed by atoms with Gasteiger partial charge in [0.25, 0.3) is 0 Å². The lowest BCUT2D eigenvalue weighted by molar-refractivity contribution is 0.199. The van der Waals surface area contributed by atoms with E-state index >= 15 is 0 Å². The highest BCUT2D eigenvalue weighted by molar-refractivity contribution is 7.92. The SMILES string of the molecule is CCOc1n[nH]c(NS(=O)(=O)CCCOC)n1. The minimum Gasteiger partial charge on any atom is -0.463 e. The first kappa shape index (κ1) is 13.7. The fraction of sp³-hybridized carbons (Fsp3) is 0.750.